The Morgan fingerprint density at radius 2 is 0.518 bits per heavy atom. The summed E-state index contributed by atoms with van der Waals surface area (Å²) >= 11 is 0. The number of hydrogen-bond donors (Lipinski definition) is 0. The summed E-state index contributed by atoms with van der Waals surface area (Å²) in [6.07, 6.45) is 34.2. The maximum absolute atomic E-state index is 4.76. The number of rotatable bonds is 15. The molecule has 13 rings (SSSR count). The molecule has 0 radical (unpaired) electrons. The third-order valence-electron chi connectivity index (χ3n) is 27.6. The molecule has 2 nitrogen and oxygen atoms in total. The van der Waals surface area contributed by atoms with E-state index in [-0.39, 0.29) is 14.9 Å². The van der Waals surface area contributed by atoms with Crippen molar-refractivity contribution in [2.75, 3.05) is 0 Å². The molecule has 0 spiro atoms. The van der Waals surface area contributed by atoms with E-state index < -0.39 is 0 Å². The molecular formula is C108H150N2. The van der Waals surface area contributed by atoms with Crippen molar-refractivity contribution >= 4 is 0 Å². The van der Waals surface area contributed by atoms with Crippen LogP contribution in [0, 0.1) is 187 Å². The minimum absolute atomic E-state index is 0. The van der Waals surface area contributed by atoms with Crippen molar-refractivity contribution in [1.29, 1.82) is 0 Å². The summed E-state index contributed by atoms with van der Waals surface area (Å²) < 4.78 is 0. The molecule has 0 amide bonds. The Hall–Kier alpha value is -7.16. The molecule has 1 heterocycles. The van der Waals surface area contributed by atoms with Crippen LogP contribution in [0.4, 0.5) is 0 Å². The van der Waals surface area contributed by atoms with Gasteiger partial charge in [-0.3, -0.25) is 0 Å². The van der Waals surface area contributed by atoms with E-state index in [1.165, 1.54) is 282 Å². The monoisotopic (exact) mass is 1480 g/mol. The van der Waals surface area contributed by atoms with E-state index in [0.29, 0.717) is 5.92 Å². The number of hydrogen-bond acceptors (Lipinski definition) is 2. The zero-order valence-corrected chi connectivity index (χ0v) is 72.5. The van der Waals surface area contributed by atoms with E-state index in [1.807, 2.05) is 0 Å². The molecule has 1 aromatic heterocycles. The normalized spacial score (nSPS) is 19.7. The van der Waals surface area contributed by atoms with Crippen molar-refractivity contribution in [2.24, 2.45) is 41.4 Å². The Morgan fingerprint density at radius 1 is 0.264 bits per heavy atom. The van der Waals surface area contributed by atoms with Crippen LogP contribution >= 0.6 is 0 Å². The van der Waals surface area contributed by atoms with Gasteiger partial charge >= 0.3 is 0 Å². The quantitative estimate of drug-likeness (QED) is 0.102. The molecule has 0 aliphatic heterocycles. The van der Waals surface area contributed by atoms with Crippen molar-refractivity contribution in [1.82, 2.24) is 9.97 Å². The van der Waals surface area contributed by atoms with E-state index in [9.17, 15) is 0 Å². The summed E-state index contributed by atoms with van der Waals surface area (Å²) in [4.78, 5) is 9.51. The second-order valence-electron chi connectivity index (χ2n) is 36.7. The van der Waals surface area contributed by atoms with Gasteiger partial charge in [-0.1, -0.05) is 190 Å². The van der Waals surface area contributed by atoms with Gasteiger partial charge in [0.05, 0.1) is 0 Å². The molecule has 0 bridgehead atoms. The molecule has 0 atom stereocenters. The van der Waals surface area contributed by atoms with Crippen LogP contribution in [0.15, 0.2) is 109 Å². The van der Waals surface area contributed by atoms with E-state index >= 15 is 0 Å². The van der Waals surface area contributed by atoms with Crippen LogP contribution in [-0.4, -0.2) is 9.97 Å². The fourth-order valence-electron chi connectivity index (χ4n) is 19.7. The molecule has 0 unspecified atom stereocenters. The lowest BCUT2D eigenvalue weighted by Crippen LogP contribution is -2.21. The van der Waals surface area contributed by atoms with Crippen molar-refractivity contribution in [3.63, 3.8) is 0 Å². The first-order chi connectivity index (χ1) is 51.3. The zero-order valence-electron chi connectivity index (χ0n) is 72.5. The first-order valence-electron chi connectivity index (χ1n) is 42.8. The molecule has 0 saturated heterocycles. The molecule has 4 fully saturated rings. The number of benzene rings is 8. The van der Waals surface area contributed by atoms with Crippen LogP contribution in [0.25, 0.3) is 22.5 Å². The maximum atomic E-state index is 4.76. The van der Waals surface area contributed by atoms with Gasteiger partial charge in [0.1, 0.15) is 0 Å². The zero-order chi connectivity index (χ0) is 77.9. The highest BCUT2D eigenvalue weighted by Gasteiger charge is 2.28. The predicted octanol–water partition coefficient (Wildman–Crippen LogP) is 30.6. The van der Waals surface area contributed by atoms with Gasteiger partial charge in [0.2, 0.25) is 0 Å². The second kappa shape index (κ2) is 40.0. The Labute approximate surface area is 674 Å². The standard InChI is InChI=1S/C28H34N2.C28H34.C26H36.C24H38.2CH4/c1-17-7-9-23(10-8-17)26-15-29-28(30-16-26)25-13-20(4)27(21(5)14-25)24-11-18(2)22(6)19(3)12-24;1-17-9-20(4)27(21(5)10-17)16-26-13-22(6)28(23(7)14-26)15-25-11-18(2)24(8)19(3)12-25;1-17-7-9-23(10-8-17)15-24-13-20(4)26(21(5)14-24)16-25-11-18(2)22(6)19(3)12-25;1-17-5-7-21(8-6-17)15-22-9-11-23(12-10-22)16-24-13-18(2)20(4)19(3)14-24;;/h11-17,23H,7-10H2,1-6H3;9-14H,15-16H2,1-8H3;11-14,17,23H,7-10,15-16H2,1-6H3;13-14,17,21-23H,5-12,15-16H2,1-4H3;2*1H4. The van der Waals surface area contributed by atoms with Gasteiger partial charge in [0, 0.05) is 18.0 Å². The Bertz CT molecular complexity index is 4350. The molecule has 9 aromatic rings. The van der Waals surface area contributed by atoms with Crippen molar-refractivity contribution < 1.29 is 0 Å². The summed E-state index contributed by atoms with van der Waals surface area (Å²) in [5.41, 5.74) is 46.4. The predicted molar refractivity (Wildman–Crippen MR) is 483 cm³/mol. The number of aryl methyl sites for hydroxylation is 17. The van der Waals surface area contributed by atoms with Crippen LogP contribution < -0.4 is 0 Å². The molecule has 4 aliphatic carbocycles. The fraction of sp³-hybridized carbons (Fsp3) is 0.519. The number of nitrogens with zero attached hydrogens (tertiary/aromatic N) is 2. The molecular weight excluding hydrogens is 1330 g/mol. The van der Waals surface area contributed by atoms with E-state index in [1.54, 1.807) is 17.5 Å². The highest BCUT2D eigenvalue weighted by atomic mass is 14.9. The topological polar surface area (TPSA) is 25.8 Å². The largest absolute Gasteiger partial charge is 0.236 e. The summed E-state index contributed by atoms with van der Waals surface area (Å²) in [6, 6.07) is 37.8. The third kappa shape index (κ3) is 23.5. The van der Waals surface area contributed by atoms with E-state index in [2.05, 4.69) is 276 Å². The third-order valence-corrected chi connectivity index (χ3v) is 27.6. The average molecular weight is 1480 g/mol. The Morgan fingerprint density at radius 3 is 0.864 bits per heavy atom. The van der Waals surface area contributed by atoms with Crippen LogP contribution in [0.1, 0.15) is 318 Å². The van der Waals surface area contributed by atoms with Gasteiger partial charge in [-0.15, -0.1) is 0 Å². The van der Waals surface area contributed by atoms with Crippen LogP contribution in [0.2, 0.25) is 0 Å². The summed E-state index contributed by atoms with van der Waals surface area (Å²) in [5.74, 6) is 8.22. The molecule has 4 aliphatic rings. The smallest absolute Gasteiger partial charge is 0.159 e. The Kier molecular flexibility index (Phi) is 32.2. The lowest BCUT2D eigenvalue weighted by Gasteiger charge is -2.33. The first kappa shape index (κ1) is 88.4. The highest BCUT2D eigenvalue weighted by Crippen LogP contribution is 2.42. The first-order valence-corrected chi connectivity index (χ1v) is 42.8. The molecule has 0 N–H and O–H groups in total. The van der Waals surface area contributed by atoms with Crippen LogP contribution in [-0.2, 0) is 32.1 Å². The van der Waals surface area contributed by atoms with E-state index in [0.717, 1.165) is 72.1 Å². The van der Waals surface area contributed by atoms with Gasteiger partial charge in [0.25, 0.3) is 0 Å². The van der Waals surface area contributed by atoms with Crippen LogP contribution in [0.3, 0.4) is 0 Å². The van der Waals surface area contributed by atoms with Crippen molar-refractivity contribution in [2.45, 2.75) is 328 Å². The Balaban J connectivity index is 0.000000184. The molecule has 110 heavy (non-hydrogen) atoms. The van der Waals surface area contributed by atoms with Crippen LogP contribution in [0.5, 0.6) is 0 Å². The summed E-state index contributed by atoms with van der Waals surface area (Å²) in [5, 5.41) is 0. The number of aromatic nitrogens is 2. The molecule has 592 valence electrons. The highest BCUT2D eigenvalue weighted by molar-refractivity contribution is 5.76. The SMILES string of the molecule is C.C.Cc1cc(-c2c(C)cc(-c3ncc(C4CCC(C)CC4)cn3)cc2C)cc(C)c1C.Cc1cc(C)c(Cc2cc(C)c(Cc3cc(C)c(C)c(C)c3)c(C)c2)c(C)c1.Cc1cc(CC2CCC(CC3CCC(C)CC3)CC2)cc(C)c1C.Cc1cc(Cc2c(C)cc(CC3CCC(C)CC3)cc2C)cc(C)c1C. The van der Waals surface area contributed by atoms with Crippen molar-refractivity contribution in [3.8, 4) is 22.5 Å². The fourth-order valence-corrected chi connectivity index (χ4v) is 19.7. The maximum Gasteiger partial charge on any atom is 0.159 e. The second-order valence-corrected chi connectivity index (χ2v) is 36.7. The molecule has 2 heteroatoms. The van der Waals surface area contributed by atoms with Gasteiger partial charge in [-0.05, 0) is 454 Å². The summed E-state index contributed by atoms with van der Waals surface area (Å²) in [6.45, 7) is 54.2. The lowest BCUT2D eigenvalue weighted by molar-refractivity contribution is 0.195. The molecule has 4 saturated carbocycles. The average Bonchev–Trinajstić information content (AvgIpc) is 0.830. The van der Waals surface area contributed by atoms with Gasteiger partial charge in [-0.2, -0.15) is 0 Å². The van der Waals surface area contributed by atoms with Gasteiger partial charge in [-0.25, -0.2) is 9.97 Å². The molecule has 8 aromatic carbocycles. The van der Waals surface area contributed by atoms with Gasteiger partial charge < -0.3 is 0 Å². The lowest BCUT2D eigenvalue weighted by atomic mass is 9.72. The summed E-state index contributed by atoms with van der Waals surface area (Å²) in [7, 11) is 0. The van der Waals surface area contributed by atoms with E-state index in [4.69, 9.17) is 9.97 Å². The van der Waals surface area contributed by atoms with Gasteiger partial charge in [0.15, 0.2) is 5.82 Å². The minimum Gasteiger partial charge on any atom is -0.236 e. The minimum atomic E-state index is 0. The van der Waals surface area contributed by atoms with Crippen molar-refractivity contribution in [3.05, 3.63) is 276 Å².